The van der Waals surface area contributed by atoms with Crippen LogP contribution in [0.3, 0.4) is 0 Å². The average Bonchev–Trinajstić information content (AvgIpc) is 2.33. The molecule has 0 saturated heterocycles. The predicted molar refractivity (Wildman–Crippen MR) is 54.2 cm³/mol. The van der Waals surface area contributed by atoms with Crippen molar-refractivity contribution in [2.24, 2.45) is 5.92 Å². The van der Waals surface area contributed by atoms with Gasteiger partial charge in [-0.15, -0.1) is 13.2 Å². The minimum absolute atomic E-state index is 0.436. The molecule has 2 rings (SSSR count). The molecular formula is C12H11F5O. The van der Waals surface area contributed by atoms with Gasteiger partial charge in [0.05, 0.1) is 0 Å². The van der Waals surface area contributed by atoms with Gasteiger partial charge in [0.2, 0.25) is 5.75 Å². The molecule has 6 heteroatoms. The number of halogens is 5. The van der Waals surface area contributed by atoms with Crippen LogP contribution in [0, 0.1) is 17.6 Å². The van der Waals surface area contributed by atoms with Crippen molar-refractivity contribution in [1.82, 2.24) is 0 Å². The number of hydrogen-bond donors (Lipinski definition) is 0. The Morgan fingerprint density at radius 3 is 2.67 bits per heavy atom. The van der Waals surface area contributed by atoms with Crippen LogP contribution < -0.4 is 4.74 Å². The van der Waals surface area contributed by atoms with E-state index in [0.29, 0.717) is 6.07 Å². The van der Waals surface area contributed by atoms with E-state index in [2.05, 4.69) is 4.74 Å². The second-order valence-electron chi connectivity index (χ2n) is 3.82. The van der Waals surface area contributed by atoms with Gasteiger partial charge in [0.15, 0.2) is 11.6 Å². The zero-order valence-corrected chi connectivity index (χ0v) is 9.16. The van der Waals surface area contributed by atoms with E-state index in [1.807, 2.05) is 0 Å². The summed E-state index contributed by atoms with van der Waals surface area (Å²) in [5.41, 5.74) is -1.15. The second-order valence-corrected chi connectivity index (χ2v) is 3.82. The smallest absolute Gasteiger partial charge is 0.399 e. The highest BCUT2D eigenvalue weighted by atomic mass is 19.4. The SMILES string of the molecule is [2H]C1([2H])Cc2c(cc(F)c(OC(F)(F)F)c2F)C([2H])([2H])C1C. The lowest BCUT2D eigenvalue weighted by atomic mass is 9.84. The van der Waals surface area contributed by atoms with Crippen molar-refractivity contribution < 1.29 is 32.2 Å². The summed E-state index contributed by atoms with van der Waals surface area (Å²) >= 11 is 0. The topological polar surface area (TPSA) is 9.23 Å². The summed E-state index contributed by atoms with van der Waals surface area (Å²) in [5, 5.41) is 0. The summed E-state index contributed by atoms with van der Waals surface area (Å²) in [6, 6.07) is 0.436. The third kappa shape index (κ3) is 2.57. The van der Waals surface area contributed by atoms with Gasteiger partial charge in [-0.25, -0.2) is 8.78 Å². The summed E-state index contributed by atoms with van der Waals surface area (Å²) in [6.45, 7) is 1.23. The molecule has 0 bridgehead atoms. The van der Waals surface area contributed by atoms with E-state index in [0.717, 1.165) is 0 Å². The number of fused-ring (bicyclic) bond motifs is 1. The average molecular weight is 270 g/mol. The number of benzene rings is 1. The molecule has 0 fully saturated rings. The quantitative estimate of drug-likeness (QED) is 0.701. The van der Waals surface area contributed by atoms with Crippen LogP contribution in [0.5, 0.6) is 5.75 Å². The Balaban J connectivity index is 2.67. The number of rotatable bonds is 1. The molecule has 1 aliphatic rings. The van der Waals surface area contributed by atoms with E-state index < -0.39 is 60.0 Å². The molecule has 0 aliphatic heterocycles. The lowest BCUT2D eigenvalue weighted by Gasteiger charge is -2.23. The van der Waals surface area contributed by atoms with Crippen molar-refractivity contribution in [1.29, 1.82) is 0 Å². The monoisotopic (exact) mass is 270 g/mol. The van der Waals surface area contributed by atoms with E-state index in [-0.39, 0.29) is 0 Å². The van der Waals surface area contributed by atoms with Crippen LogP contribution in [0.1, 0.15) is 29.9 Å². The van der Waals surface area contributed by atoms with E-state index in [9.17, 15) is 22.0 Å². The standard InChI is InChI=1S/C12H11F5O/c1-6-2-3-8-7(4-6)5-9(13)11(10(8)14)18-12(15,16)17/h5-6H,2-4H2,1H3/i2D2,4D2. The molecule has 0 saturated carbocycles. The molecule has 1 aliphatic carbocycles. The zero-order chi connectivity index (χ0) is 17.1. The highest BCUT2D eigenvalue weighted by molar-refractivity contribution is 5.40. The maximum Gasteiger partial charge on any atom is 0.573 e. The van der Waals surface area contributed by atoms with Crippen LogP contribution in [0.15, 0.2) is 6.07 Å². The van der Waals surface area contributed by atoms with E-state index in [1.165, 1.54) is 6.92 Å². The minimum Gasteiger partial charge on any atom is -0.399 e. The molecule has 0 heterocycles. The first-order valence-electron chi connectivity index (χ1n) is 7.04. The zero-order valence-electron chi connectivity index (χ0n) is 13.2. The van der Waals surface area contributed by atoms with E-state index >= 15 is 0 Å². The summed E-state index contributed by atoms with van der Waals surface area (Å²) in [7, 11) is 0. The van der Waals surface area contributed by atoms with Crippen molar-refractivity contribution in [3.8, 4) is 5.75 Å². The van der Waals surface area contributed by atoms with Gasteiger partial charge in [-0.2, -0.15) is 0 Å². The normalized spacial score (nSPS) is 28.4. The summed E-state index contributed by atoms with van der Waals surface area (Å²) in [5.74, 6) is -6.35. The van der Waals surface area contributed by atoms with Crippen molar-refractivity contribution >= 4 is 0 Å². The molecule has 0 spiro atoms. The van der Waals surface area contributed by atoms with Gasteiger partial charge in [-0.05, 0) is 42.3 Å². The molecule has 0 radical (unpaired) electrons. The fraction of sp³-hybridized carbons (Fsp3) is 0.500. The fourth-order valence-corrected chi connectivity index (χ4v) is 1.69. The van der Waals surface area contributed by atoms with Crippen LogP contribution in [0.2, 0.25) is 0 Å². The molecule has 0 aromatic heterocycles. The van der Waals surface area contributed by atoms with Crippen molar-refractivity contribution in [2.75, 3.05) is 0 Å². The lowest BCUT2D eigenvalue weighted by Crippen LogP contribution is -2.21. The largest absolute Gasteiger partial charge is 0.573 e. The molecule has 0 N–H and O–H groups in total. The van der Waals surface area contributed by atoms with Gasteiger partial charge in [-0.1, -0.05) is 6.92 Å². The number of hydrogen-bond acceptors (Lipinski definition) is 1. The van der Waals surface area contributed by atoms with Gasteiger partial charge < -0.3 is 4.74 Å². The molecule has 1 nitrogen and oxygen atoms in total. The van der Waals surface area contributed by atoms with Crippen molar-refractivity contribution in [2.45, 2.75) is 32.5 Å². The lowest BCUT2D eigenvalue weighted by molar-refractivity contribution is -0.276. The van der Waals surface area contributed by atoms with Crippen LogP contribution in [0.25, 0.3) is 0 Å². The Hall–Kier alpha value is -1.33. The van der Waals surface area contributed by atoms with Crippen LogP contribution in [0.4, 0.5) is 22.0 Å². The van der Waals surface area contributed by atoms with Gasteiger partial charge >= 0.3 is 6.36 Å². The van der Waals surface area contributed by atoms with Gasteiger partial charge in [0.1, 0.15) is 0 Å². The molecule has 100 valence electrons. The Morgan fingerprint density at radius 2 is 2.06 bits per heavy atom. The van der Waals surface area contributed by atoms with Gasteiger partial charge in [-0.3, -0.25) is 0 Å². The van der Waals surface area contributed by atoms with E-state index in [4.69, 9.17) is 5.48 Å². The first-order chi connectivity index (χ1) is 9.77. The van der Waals surface area contributed by atoms with Gasteiger partial charge in [0, 0.05) is 5.48 Å². The third-order valence-corrected chi connectivity index (χ3v) is 2.45. The molecule has 18 heavy (non-hydrogen) atoms. The molecule has 1 atom stereocenters. The molecule has 0 amide bonds. The summed E-state index contributed by atoms with van der Waals surface area (Å²) in [4.78, 5) is 0. The summed E-state index contributed by atoms with van der Waals surface area (Å²) < 4.78 is 98.9. The first kappa shape index (κ1) is 8.72. The Kier molecular flexibility index (Phi) is 2.13. The second kappa shape index (κ2) is 4.40. The molecular weight excluding hydrogens is 255 g/mol. The summed E-state index contributed by atoms with van der Waals surface area (Å²) in [6.07, 6.45) is -10.6. The highest BCUT2D eigenvalue weighted by Gasteiger charge is 2.35. The Labute approximate surface area is 106 Å². The molecule has 1 unspecified atom stereocenters. The predicted octanol–water partition coefficient (Wildman–Crippen LogP) is 3.99. The molecule has 1 aromatic carbocycles. The molecule has 1 aromatic rings. The fourth-order valence-electron chi connectivity index (χ4n) is 1.69. The first-order valence-corrected chi connectivity index (χ1v) is 5.04. The highest BCUT2D eigenvalue weighted by Crippen LogP contribution is 2.36. The maximum atomic E-state index is 14.2. The Morgan fingerprint density at radius 1 is 1.39 bits per heavy atom. The van der Waals surface area contributed by atoms with Crippen LogP contribution >= 0.6 is 0 Å². The van der Waals surface area contributed by atoms with Crippen molar-refractivity contribution in [3.63, 3.8) is 0 Å². The number of ether oxygens (including phenoxy) is 1. The Bertz CT molecular complexity index is 615. The minimum atomic E-state index is -5.32. The van der Waals surface area contributed by atoms with Crippen molar-refractivity contribution in [3.05, 3.63) is 28.8 Å². The van der Waals surface area contributed by atoms with Crippen LogP contribution in [-0.4, -0.2) is 6.36 Å². The maximum absolute atomic E-state index is 14.2. The van der Waals surface area contributed by atoms with Crippen LogP contribution in [-0.2, 0) is 12.8 Å². The van der Waals surface area contributed by atoms with E-state index in [1.54, 1.807) is 0 Å². The van der Waals surface area contributed by atoms with Gasteiger partial charge in [0.25, 0.3) is 0 Å². The third-order valence-electron chi connectivity index (χ3n) is 2.45. The number of alkyl halides is 3.